The standard InChI is InChI=1S/C12H19N3/c1-10-12(9-15(2)14-10)13-8-11-6-4-3-5-7-11/h3-4,9,11,13H,5-8H2,1-2H3. The highest BCUT2D eigenvalue weighted by atomic mass is 15.3. The lowest BCUT2D eigenvalue weighted by molar-refractivity contribution is 0.504. The van der Waals surface area contributed by atoms with Crippen molar-refractivity contribution in [2.75, 3.05) is 11.9 Å². The van der Waals surface area contributed by atoms with E-state index < -0.39 is 0 Å². The zero-order valence-electron chi connectivity index (χ0n) is 9.53. The van der Waals surface area contributed by atoms with Crippen molar-refractivity contribution in [2.24, 2.45) is 13.0 Å². The van der Waals surface area contributed by atoms with Gasteiger partial charge in [0.15, 0.2) is 0 Å². The molecule has 1 aromatic heterocycles. The summed E-state index contributed by atoms with van der Waals surface area (Å²) in [7, 11) is 1.96. The van der Waals surface area contributed by atoms with Crippen molar-refractivity contribution in [1.29, 1.82) is 0 Å². The molecule has 1 unspecified atom stereocenters. The van der Waals surface area contributed by atoms with E-state index in [1.807, 2.05) is 24.9 Å². The number of hydrogen-bond donors (Lipinski definition) is 1. The van der Waals surface area contributed by atoms with Gasteiger partial charge in [0.05, 0.1) is 11.4 Å². The Balaban J connectivity index is 1.87. The van der Waals surface area contributed by atoms with E-state index in [9.17, 15) is 0 Å². The Hall–Kier alpha value is -1.25. The van der Waals surface area contributed by atoms with Crippen molar-refractivity contribution in [2.45, 2.75) is 26.2 Å². The molecule has 0 aliphatic heterocycles. The lowest BCUT2D eigenvalue weighted by atomic mass is 9.94. The summed E-state index contributed by atoms with van der Waals surface area (Å²) in [5.41, 5.74) is 2.26. The van der Waals surface area contributed by atoms with Crippen LogP contribution in [0, 0.1) is 12.8 Å². The summed E-state index contributed by atoms with van der Waals surface area (Å²) < 4.78 is 1.86. The highest BCUT2D eigenvalue weighted by molar-refractivity contribution is 5.45. The van der Waals surface area contributed by atoms with Gasteiger partial charge < -0.3 is 5.32 Å². The molecule has 0 saturated heterocycles. The number of aryl methyl sites for hydroxylation is 2. The summed E-state index contributed by atoms with van der Waals surface area (Å²) in [4.78, 5) is 0. The molecule has 0 radical (unpaired) electrons. The quantitative estimate of drug-likeness (QED) is 0.768. The van der Waals surface area contributed by atoms with Crippen LogP contribution in [0.2, 0.25) is 0 Å². The van der Waals surface area contributed by atoms with E-state index in [1.54, 1.807) is 0 Å². The smallest absolute Gasteiger partial charge is 0.0824 e. The Morgan fingerprint density at radius 2 is 2.40 bits per heavy atom. The molecule has 3 nitrogen and oxygen atoms in total. The Labute approximate surface area is 91.2 Å². The molecule has 0 saturated carbocycles. The van der Waals surface area contributed by atoms with Gasteiger partial charge in [-0.15, -0.1) is 0 Å². The van der Waals surface area contributed by atoms with Gasteiger partial charge >= 0.3 is 0 Å². The molecule has 2 rings (SSSR count). The summed E-state index contributed by atoms with van der Waals surface area (Å²) >= 11 is 0. The molecule has 1 aromatic rings. The van der Waals surface area contributed by atoms with E-state index in [4.69, 9.17) is 0 Å². The van der Waals surface area contributed by atoms with Crippen LogP contribution in [-0.4, -0.2) is 16.3 Å². The minimum absolute atomic E-state index is 0.787. The first-order chi connectivity index (χ1) is 7.25. The van der Waals surface area contributed by atoms with Crippen molar-refractivity contribution in [3.63, 3.8) is 0 Å². The van der Waals surface area contributed by atoms with Crippen molar-refractivity contribution in [1.82, 2.24) is 9.78 Å². The zero-order valence-corrected chi connectivity index (χ0v) is 9.53. The summed E-state index contributed by atoms with van der Waals surface area (Å²) in [5, 5.41) is 7.80. The third-order valence-electron chi connectivity index (χ3n) is 2.97. The maximum absolute atomic E-state index is 4.31. The van der Waals surface area contributed by atoms with Crippen molar-refractivity contribution >= 4 is 5.69 Å². The van der Waals surface area contributed by atoms with E-state index in [0.717, 1.165) is 18.2 Å². The molecule has 0 aromatic carbocycles. The number of nitrogens with zero attached hydrogens (tertiary/aromatic N) is 2. The van der Waals surface area contributed by atoms with Gasteiger partial charge in [0.2, 0.25) is 0 Å². The highest BCUT2D eigenvalue weighted by Crippen LogP contribution is 2.19. The van der Waals surface area contributed by atoms with Gasteiger partial charge in [-0.25, -0.2) is 0 Å². The molecule has 82 valence electrons. The van der Waals surface area contributed by atoms with Crippen LogP contribution in [-0.2, 0) is 7.05 Å². The number of rotatable bonds is 3. The van der Waals surface area contributed by atoms with E-state index in [2.05, 4.69) is 22.6 Å². The second kappa shape index (κ2) is 4.51. The first-order valence-corrected chi connectivity index (χ1v) is 5.65. The van der Waals surface area contributed by atoms with Gasteiger partial charge in [-0.2, -0.15) is 5.10 Å². The van der Waals surface area contributed by atoms with Crippen molar-refractivity contribution in [3.05, 3.63) is 24.0 Å². The number of allylic oxidation sites excluding steroid dienone is 2. The van der Waals surface area contributed by atoms with Gasteiger partial charge in [0.1, 0.15) is 0 Å². The number of anilines is 1. The number of nitrogens with one attached hydrogen (secondary N) is 1. The maximum atomic E-state index is 4.31. The SMILES string of the molecule is Cc1nn(C)cc1NCC1CC=CCC1. The van der Waals surface area contributed by atoms with Crippen LogP contribution >= 0.6 is 0 Å². The molecule has 1 aliphatic carbocycles. The van der Waals surface area contributed by atoms with E-state index in [0.29, 0.717) is 0 Å². The van der Waals surface area contributed by atoms with E-state index >= 15 is 0 Å². The molecular formula is C12H19N3. The van der Waals surface area contributed by atoms with Crippen molar-refractivity contribution in [3.8, 4) is 0 Å². The molecular weight excluding hydrogens is 186 g/mol. The zero-order chi connectivity index (χ0) is 10.7. The average Bonchev–Trinajstić information content (AvgIpc) is 2.56. The second-order valence-electron chi connectivity index (χ2n) is 4.33. The molecule has 1 atom stereocenters. The Bertz CT molecular complexity index is 352. The molecule has 15 heavy (non-hydrogen) atoms. The third kappa shape index (κ3) is 2.61. The Kier molecular flexibility index (Phi) is 3.09. The minimum Gasteiger partial charge on any atom is -0.382 e. The highest BCUT2D eigenvalue weighted by Gasteiger charge is 2.10. The summed E-state index contributed by atoms with van der Waals surface area (Å²) in [5.74, 6) is 0.787. The number of hydrogen-bond acceptors (Lipinski definition) is 2. The molecule has 1 heterocycles. The largest absolute Gasteiger partial charge is 0.382 e. The van der Waals surface area contributed by atoms with Crippen LogP contribution in [0.5, 0.6) is 0 Å². The van der Waals surface area contributed by atoms with Crippen LogP contribution in [0.15, 0.2) is 18.3 Å². The Morgan fingerprint density at radius 1 is 1.53 bits per heavy atom. The second-order valence-corrected chi connectivity index (χ2v) is 4.33. The van der Waals surface area contributed by atoms with E-state index in [-0.39, 0.29) is 0 Å². The third-order valence-corrected chi connectivity index (χ3v) is 2.97. The lowest BCUT2D eigenvalue weighted by Crippen LogP contribution is -2.15. The summed E-state index contributed by atoms with van der Waals surface area (Å²) in [6.45, 7) is 3.11. The van der Waals surface area contributed by atoms with Gasteiger partial charge in [-0.1, -0.05) is 12.2 Å². The molecule has 1 aliphatic rings. The molecule has 1 N–H and O–H groups in total. The fraction of sp³-hybridized carbons (Fsp3) is 0.583. The summed E-state index contributed by atoms with van der Waals surface area (Å²) in [6.07, 6.45) is 10.4. The first kappa shape index (κ1) is 10.3. The van der Waals surface area contributed by atoms with Crippen LogP contribution in [0.4, 0.5) is 5.69 Å². The molecule has 0 bridgehead atoms. The van der Waals surface area contributed by atoms with Gasteiger partial charge in [-0.3, -0.25) is 4.68 Å². The maximum Gasteiger partial charge on any atom is 0.0824 e. The van der Waals surface area contributed by atoms with Crippen molar-refractivity contribution < 1.29 is 0 Å². The minimum atomic E-state index is 0.787. The van der Waals surface area contributed by atoms with Crippen LogP contribution in [0.25, 0.3) is 0 Å². The first-order valence-electron chi connectivity index (χ1n) is 5.65. The predicted octanol–water partition coefficient (Wildman–Crippen LogP) is 2.50. The fourth-order valence-corrected chi connectivity index (χ4v) is 2.07. The van der Waals surface area contributed by atoms with Crippen LogP contribution in [0.3, 0.4) is 0 Å². The van der Waals surface area contributed by atoms with Crippen LogP contribution < -0.4 is 5.32 Å². The molecule has 3 heteroatoms. The number of aromatic nitrogens is 2. The van der Waals surface area contributed by atoms with Gasteiger partial charge in [-0.05, 0) is 32.1 Å². The summed E-state index contributed by atoms with van der Waals surface area (Å²) in [6, 6.07) is 0. The average molecular weight is 205 g/mol. The topological polar surface area (TPSA) is 29.9 Å². The normalized spacial score (nSPS) is 20.5. The van der Waals surface area contributed by atoms with Gasteiger partial charge in [0.25, 0.3) is 0 Å². The van der Waals surface area contributed by atoms with Crippen LogP contribution in [0.1, 0.15) is 25.0 Å². The van der Waals surface area contributed by atoms with Gasteiger partial charge in [0, 0.05) is 19.8 Å². The molecule has 0 spiro atoms. The monoisotopic (exact) mass is 205 g/mol. The van der Waals surface area contributed by atoms with E-state index in [1.165, 1.54) is 24.9 Å². The Morgan fingerprint density at radius 3 is 3.00 bits per heavy atom. The molecule has 0 fully saturated rings. The fourth-order valence-electron chi connectivity index (χ4n) is 2.07. The predicted molar refractivity (Wildman–Crippen MR) is 62.9 cm³/mol. The molecule has 0 amide bonds. The lowest BCUT2D eigenvalue weighted by Gasteiger charge is -2.18.